The Morgan fingerprint density at radius 3 is 2.83 bits per heavy atom. The number of ether oxygens (including phenoxy) is 2. The highest BCUT2D eigenvalue weighted by molar-refractivity contribution is 5.90. The molecule has 0 radical (unpaired) electrons. The number of rotatable bonds is 5. The molecule has 0 saturated heterocycles. The molecule has 1 unspecified atom stereocenters. The van der Waals surface area contributed by atoms with E-state index in [-0.39, 0.29) is 12.1 Å². The molecule has 18 heavy (non-hydrogen) atoms. The molecule has 3 heteroatoms. The van der Waals surface area contributed by atoms with Gasteiger partial charge in [-0.15, -0.1) is 0 Å². The Kier molecular flexibility index (Phi) is 4.53. The Hall–Kier alpha value is -1.61. The van der Waals surface area contributed by atoms with Gasteiger partial charge < -0.3 is 9.47 Å². The minimum atomic E-state index is -0.243. The average Bonchev–Trinajstić information content (AvgIpc) is 2.86. The second-order valence-corrected chi connectivity index (χ2v) is 4.24. The van der Waals surface area contributed by atoms with E-state index >= 15 is 0 Å². The van der Waals surface area contributed by atoms with Crippen LogP contribution in [0.2, 0.25) is 0 Å². The lowest BCUT2D eigenvalue weighted by Crippen LogP contribution is -2.20. The van der Waals surface area contributed by atoms with Crippen LogP contribution in [0.4, 0.5) is 0 Å². The number of carbonyl (C=O) groups excluding carboxylic acids is 1. The molecule has 0 fully saturated rings. The first-order chi connectivity index (χ1) is 8.81. The predicted octanol–water partition coefficient (Wildman–Crippen LogP) is 2.86. The molecule has 1 aliphatic carbocycles. The molecule has 0 saturated carbocycles. The van der Waals surface area contributed by atoms with Gasteiger partial charge in [0.05, 0.1) is 24.9 Å². The Bertz CT molecular complexity index is 423. The van der Waals surface area contributed by atoms with Crippen molar-refractivity contribution < 1.29 is 14.3 Å². The molecule has 1 aromatic rings. The lowest BCUT2D eigenvalue weighted by Gasteiger charge is -2.15. The van der Waals surface area contributed by atoms with E-state index in [1.54, 1.807) is 0 Å². The van der Waals surface area contributed by atoms with Gasteiger partial charge in [0.25, 0.3) is 0 Å². The normalized spacial score (nSPS) is 18.5. The number of allylic oxidation sites excluding steroid dienone is 1. The molecule has 0 bridgehead atoms. The smallest absolute Gasteiger partial charge is 0.336 e. The van der Waals surface area contributed by atoms with Crippen LogP contribution >= 0.6 is 0 Å². The molecule has 0 aliphatic heterocycles. The molecule has 1 aromatic carbocycles. The maximum Gasteiger partial charge on any atom is 0.336 e. The van der Waals surface area contributed by atoms with Gasteiger partial charge in [-0.3, -0.25) is 0 Å². The van der Waals surface area contributed by atoms with Crippen LogP contribution in [0.15, 0.2) is 42.0 Å². The van der Waals surface area contributed by atoms with E-state index in [2.05, 4.69) is 0 Å². The zero-order valence-corrected chi connectivity index (χ0v) is 10.6. The van der Waals surface area contributed by atoms with E-state index in [9.17, 15) is 4.79 Å². The maximum absolute atomic E-state index is 11.7. The monoisotopic (exact) mass is 246 g/mol. The lowest BCUT2D eigenvalue weighted by atomic mass is 10.2. The summed E-state index contributed by atoms with van der Waals surface area (Å²) in [5.74, 6) is -0.243. The van der Waals surface area contributed by atoms with Crippen LogP contribution in [-0.4, -0.2) is 18.7 Å². The fourth-order valence-electron chi connectivity index (χ4n) is 2.05. The lowest BCUT2D eigenvalue weighted by molar-refractivity contribution is -0.140. The second kappa shape index (κ2) is 6.36. The van der Waals surface area contributed by atoms with Crippen molar-refractivity contribution in [1.29, 1.82) is 0 Å². The van der Waals surface area contributed by atoms with E-state index < -0.39 is 0 Å². The van der Waals surface area contributed by atoms with Gasteiger partial charge in [0.2, 0.25) is 0 Å². The first kappa shape index (κ1) is 12.8. The summed E-state index contributed by atoms with van der Waals surface area (Å²) in [7, 11) is 0. The van der Waals surface area contributed by atoms with Crippen molar-refractivity contribution in [3.8, 4) is 0 Å². The highest BCUT2D eigenvalue weighted by Gasteiger charge is 2.26. The summed E-state index contributed by atoms with van der Waals surface area (Å²) in [5.41, 5.74) is 1.79. The van der Waals surface area contributed by atoms with Gasteiger partial charge in [0, 0.05) is 0 Å². The van der Waals surface area contributed by atoms with E-state index in [1.165, 1.54) is 0 Å². The minimum Gasteiger partial charge on any atom is -0.463 e. The fourth-order valence-corrected chi connectivity index (χ4v) is 2.05. The van der Waals surface area contributed by atoms with E-state index in [0.717, 1.165) is 18.4 Å². The molecular weight excluding hydrogens is 228 g/mol. The zero-order chi connectivity index (χ0) is 12.8. The van der Waals surface area contributed by atoms with E-state index in [4.69, 9.17) is 9.47 Å². The molecular formula is C15H18O3. The van der Waals surface area contributed by atoms with Crippen LogP contribution in [0.5, 0.6) is 0 Å². The standard InChI is InChI=1S/C15H18O3/c1-2-17-15(16)13-9-6-10-14(13)18-11-12-7-4-3-5-8-12/h3-5,7-9,14H,2,6,10-11H2,1H3. The highest BCUT2D eigenvalue weighted by atomic mass is 16.5. The van der Waals surface area contributed by atoms with E-state index in [0.29, 0.717) is 18.8 Å². The third-order valence-electron chi connectivity index (χ3n) is 2.95. The summed E-state index contributed by atoms with van der Waals surface area (Å²) in [6.45, 7) is 2.75. The molecule has 0 heterocycles. The van der Waals surface area contributed by atoms with Crippen molar-refractivity contribution in [3.05, 3.63) is 47.5 Å². The number of hydrogen-bond acceptors (Lipinski definition) is 3. The predicted molar refractivity (Wildman–Crippen MR) is 69.0 cm³/mol. The third kappa shape index (κ3) is 3.20. The van der Waals surface area contributed by atoms with Gasteiger partial charge in [-0.2, -0.15) is 0 Å². The molecule has 2 rings (SSSR count). The van der Waals surface area contributed by atoms with Crippen molar-refractivity contribution >= 4 is 5.97 Å². The topological polar surface area (TPSA) is 35.5 Å². The molecule has 1 aliphatic rings. The fraction of sp³-hybridized carbons (Fsp3) is 0.400. The van der Waals surface area contributed by atoms with Gasteiger partial charge in [-0.1, -0.05) is 36.4 Å². The Morgan fingerprint density at radius 2 is 2.11 bits per heavy atom. The molecule has 0 spiro atoms. The van der Waals surface area contributed by atoms with Gasteiger partial charge in [0.1, 0.15) is 0 Å². The highest BCUT2D eigenvalue weighted by Crippen LogP contribution is 2.24. The largest absolute Gasteiger partial charge is 0.463 e. The minimum absolute atomic E-state index is 0.121. The quantitative estimate of drug-likeness (QED) is 0.749. The SMILES string of the molecule is CCOC(=O)C1=CCCC1OCc1ccccc1. The molecule has 0 amide bonds. The van der Waals surface area contributed by atoms with Crippen LogP contribution in [0.25, 0.3) is 0 Å². The average molecular weight is 246 g/mol. The first-order valence-corrected chi connectivity index (χ1v) is 6.34. The second-order valence-electron chi connectivity index (χ2n) is 4.24. The summed E-state index contributed by atoms with van der Waals surface area (Å²) in [4.78, 5) is 11.7. The van der Waals surface area contributed by atoms with Crippen molar-refractivity contribution in [2.45, 2.75) is 32.5 Å². The number of benzene rings is 1. The summed E-state index contributed by atoms with van der Waals surface area (Å²) < 4.78 is 10.8. The molecule has 3 nitrogen and oxygen atoms in total. The number of hydrogen-bond donors (Lipinski definition) is 0. The van der Waals surface area contributed by atoms with Crippen molar-refractivity contribution in [1.82, 2.24) is 0 Å². The van der Waals surface area contributed by atoms with Gasteiger partial charge in [-0.05, 0) is 25.3 Å². The van der Waals surface area contributed by atoms with Crippen molar-refractivity contribution in [3.63, 3.8) is 0 Å². The summed E-state index contributed by atoms with van der Waals surface area (Å²) in [5, 5.41) is 0. The Labute approximate surface area is 107 Å². The summed E-state index contributed by atoms with van der Waals surface area (Å²) in [6.07, 6.45) is 3.55. The summed E-state index contributed by atoms with van der Waals surface area (Å²) in [6, 6.07) is 9.97. The van der Waals surface area contributed by atoms with Gasteiger partial charge >= 0.3 is 5.97 Å². The van der Waals surface area contributed by atoms with Gasteiger partial charge in [0.15, 0.2) is 0 Å². The number of carbonyl (C=O) groups is 1. The third-order valence-corrected chi connectivity index (χ3v) is 2.95. The van der Waals surface area contributed by atoms with Crippen LogP contribution in [-0.2, 0) is 20.9 Å². The molecule has 96 valence electrons. The molecule has 0 aromatic heterocycles. The number of esters is 1. The van der Waals surface area contributed by atoms with E-state index in [1.807, 2.05) is 43.3 Å². The van der Waals surface area contributed by atoms with Crippen molar-refractivity contribution in [2.75, 3.05) is 6.61 Å². The molecule has 1 atom stereocenters. The molecule has 0 N–H and O–H groups in total. The van der Waals surface area contributed by atoms with Crippen LogP contribution in [0, 0.1) is 0 Å². The van der Waals surface area contributed by atoms with Crippen LogP contribution in [0.3, 0.4) is 0 Å². The Balaban J connectivity index is 1.90. The van der Waals surface area contributed by atoms with Crippen LogP contribution in [0.1, 0.15) is 25.3 Å². The first-order valence-electron chi connectivity index (χ1n) is 6.34. The zero-order valence-electron chi connectivity index (χ0n) is 10.6. The Morgan fingerprint density at radius 1 is 1.33 bits per heavy atom. The van der Waals surface area contributed by atoms with Gasteiger partial charge in [-0.25, -0.2) is 4.79 Å². The van der Waals surface area contributed by atoms with Crippen LogP contribution < -0.4 is 0 Å². The maximum atomic E-state index is 11.7. The summed E-state index contributed by atoms with van der Waals surface area (Å²) >= 11 is 0. The van der Waals surface area contributed by atoms with Crippen molar-refractivity contribution in [2.24, 2.45) is 0 Å².